The minimum atomic E-state index is -0.391. The maximum Gasteiger partial charge on any atom is 0.208 e. The van der Waals surface area contributed by atoms with Crippen LogP contribution < -0.4 is 5.73 Å². The van der Waals surface area contributed by atoms with Gasteiger partial charge in [-0.2, -0.15) is 5.10 Å². The minimum absolute atomic E-state index is 0.169. The number of aryl methyl sites for hydroxylation is 1. The van der Waals surface area contributed by atoms with Crippen LogP contribution in [-0.2, 0) is 13.6 Å². The molecule has 0 amide bonds. The van der Waals surface area contributed by atoms with Crippen LogP contribution in [-0.4, -0.2) is 14.8 Å². The van der Waals surface area contributed by atoms with Crippen LogP contribution in [0.3, 0.4) is 0 Å². The van der Waals surface area contributed by atoms with E-state index in [-0.39, 0.29) is 12.2 Å². The van der Waals surface area contributed by atoms with Gasteiger partial charge in [-0.25, -0.2) is 9.37 Å². The first-order valence-electron chi connectivity index (χ1n) is 4.47. The third-order valence-corrected chi connectivity index (χ3v) is 2.22. The molecule has 15 heavy (non-hydrogen) atoms. The molecular formula is C9H11FN4O. The molecule has 0 saturated heterocycles. The molecule has 2 aromatic rings. The molecule has 5 nitrogen and oxygen atoms in total. The van der Waals surface area contributed by atoms with Gasteiger partial charge >= 0.3 is 0 Å². The summed E-state index contributed by atoms with van der Waals surface area (Å²) in [6.07, 6.45) is 1.42. The van der Waals surface area contributed by atoms with E-state index in [1.165, 1.54) is 10.9 Å². The van der Waals surface area contributed by atoms with Crippen LogP contribution in [0.1, 0.15) is 11.6 Å². The number of rotatable bonds is 2. The lowest BCUT2D eigenvalue weighted by molar-refractivity contribution is 0.503. The Kier molecular flexibility index (Phi) is 2.28. The zero-order valence-electron chi connectivity index (χ0n) is 8.49. The predicted molar refractivity (Wildman–Crippen MR) is 51.3 cm³/mol. The standard InChI is InChI=1S/C9H11FN4O/c1-5-8(10)9(13-14(5)2)6-4-12-7(3-11)15-6/h4H,3,11H2,1-2H3. The average molecular weight is 210 g/mol. The molecule has 0 bridgehead atoms. The van der Waals surface area contributed by atoms with Gasteiger partial charge in [0.05, 0.1) is 18.4 Å². The highest BCUT2D eigenvalue weighted by Gasteiger charge is 2.17. The highest BCUT2D eigenvalue weighted by atomic mass is 19.1. The van der Waals surface area contributed by atoms with E-state index in [2.05, 4.69) is 10.1 Å². The van der Waals surface area contributed by atoms with Crippen molar-refractivity contribution in [2.24, 2.45) is 12.8 Å². The number of hydrogen-bond acceptors (Lipinski definition) is 4. The molecule has 2 heterocycles. The fourth-order valence-corrected chi connectivity index (χ4v) is 1.25. The normalized spacial score (nSPS) is 10.9. The summed E-state index contributed by atoms with van der Waals surface area (Å²) in [6.45, 7) is 1.83. The first-order chi connectivity index (χ1) is 7.13. The van der Waals surface area contributed by atoms with Gasteiger partial charge in [0.25, 0.3) is 0 Å². The summed E-state index contributed by atoms with van der Waals surface area (Å²) in [6, 6.07) is 0. The van der Waals surface area contributed by atoms with E-state index < -0.39 is 5.82 Å². The Hall–Kier alpha value is -1.69. The highest BCUT2D eigenvalue weighted by molar-refractivity contribution is 5.52. The molecule has 0 atom stereocenters. The SMILES string of the molecule is Cc1c(F)c(-c2cnc(CN)o2)nn1C. The van der Waals surface area contributed by atoms with Gasteiger partial charge in [-0.1, -0.05) is 0 Å². The van der Waals surface area contributed by atoms with Crippen LogP contribution >= 0.6 is 0 Å². The van der Waals surface area contributed by atoms with Crippen molar-refractivity contribution in [3.63, 3.8) is 0 Å². The summed E-state index contributed by atoms with van der Waals surface area (Å²) in [5, 5.41) is 3.99. The zero-order valence-corrected chi connectivity index (χ0v) is 8.49. The average Bonchev–Trinajstić information content (AvgIpc) is 2.79. The van der Waals surface area contributed by atoms with E-state index in [0.717, 1.165) is 0 Å². The first kappa shape index (κ1) is 9.85. The van der Waals surface area contributed by atoms with Crippen molar-refractivity contribution in [1.29, 1.82) is 0 Å². The molecule has 0 spiro atoms. The van der Waals surface area contributed by atoms with Crippen molar-refractivity contribution in [3.05, 3.63) is 23.6 Å². The molecule has 0 aliphatic heterocycles. The van der Waals surface area contributed by atoms with Crippen molar-refractivity contribution < 1.29 is 8.81 Å². The van der Waals surface area contributed by atoms with Gasteiger partial charge in [-0.3, -0.25) is 4.68 Å². The summed E-state index contributed by atoms with van der Waals surface area (Å²) in [5.41, 5.74) is 5.96. The lowest BCUT2D eigenvalue weighted by atomic mass is 10.3. The Bertz CT molecular complexity index is 488. The Morgan fingerprint density at radius 2 is 2.33 bits per heavy atom. The maximum absolute atomic E-state index is 13.6. The van der Waals surface area contributed by atoms with Gasteiger partial charge in [-0.05, 0) is 6.92 Å². The van der Waals surface area contributed by atoms with E-state index in [1.807, 2.05) is 0 Å². The summed E-state index contributed by atoms with van der Waals surface area (Å²) < 4.78 is 20.3. The van der Waals surface area contributed by atoms with Gasteiger partial charge in [0, 0.05) is 7.05 Å². The molecule has 80 valence electrons. The fourth-order valence-electron chi connectivity index (χ4n) is 1.25. The largest absolute Gasteiger partial charge is 0.437 e. The van der Waals surface area contributed by atoms with E-state index in [9.17, 15) is 4.39 Å². The fraction of sp³-hybridized carbons (Fsp3) is 0.333. The molecule has 0 aliphatic rings. The zero-order chi connectivity index (χ0) is 11.0. The third kappa shape index (κ3) is 1.52. The molecule has 0 saturated carbocycles. The Morgan fingerprint density at radius 1 is 1.60 bits per heavy atom. The first-order valence-corrected chi connectivity index (χ1v) is 4.47. The maximum atomic E-state index is 13.6. The number of nitrogens with two attached hydrogens (primary N) is 1. The van der Waals surface area contributed by atoms with Gasteiger partial charge < -0.3 is 10.2 Å². The topological polar surface area (TPSA) is 69.9 Å². The minimum Gasteiger partial charge on any atom is -0.437 e. The summed E-state index contributed by atoms with van der Waals surface area (Å²) in [5.74, 6) is 0.279. The second kappa shape index (κ2) is 3.47. The molecule has 2 N–H and O–H groups in total. The van der Waals surface area contributed by atoms with E-state index in [1.54, 1.807) is 14.0 Å². The van der Waals surface area contributed by atoms with Gasteiger partial charge in [0.15, 0.2) is 17.3 Å². The van der Waals surface area contributed by atoms with E-state index >= 15 is 0 Å². The van der Waals surface area contributed by atoms with E-state index in [0.29, 0.717) is 17.3 Å². The predicted octanol–water partition coefficient (Wildman–Crippen LogP) is 0.981. The van der Waals surface area contributed by atoms with Crippen LogP contribution in [0.4, 0.5) is 4.39 Å². The number of nitrogens with zero attached hydrogens (tertiary/aromatic N) is 3. The molecule has 0 aromatic carbocycles. The summed E-state index contributed by atoms with van der Waals surface area (Å²) >= 11 is 0. The Labute approximate surface area is 85.7 Å². The van der Waals surface area contributed by atoms with Crippen LogP contribution in [0.5, 0.6) is 0 Å². The molecule has 2 aromatic heterocycles. The molecule has 0 radical (unpaired) electrons. The van der Waals surface area contributed by atoms with Gasteiger partial charge in [0.1, 0.15) is 0 Å². The number of aromatic nitrogens is 3. The van der Waals surface area contributed by atoms with Gasteiger partial charge in [0.2, 0.25) is 5.89 Å². The number of halogens is 1. The van der Waals surface area contributed by atoms with Crippen molar-refractivity contribution in [2.75, 3.05) is 0 Å². The van der Waals surface area contributed by atoms with E-state index in [4.69, 9.17) is 10.2 Å². The highest BCUT2D eigenvalue weighted by Crippen LogP contribution is 2.23. The van der Waals surface area contributed by atoms with Crippen LogP contribution in [0, 0.1) is 12.7 Å². The van der Waals surface area contributed by atoms with Crippen molar-refractivity contribution in [3.8, 4) is 11.5 Å². The molecular weight excluding hydrogens is 199 g/mol. The molecule has 2 rings (SSSR count). The summed E-state index contributed by atoms with van der Waals surface area (Å²) in [4.78, 5) is 3.88. The molecule has 0 fully saturated rings. The smallest absolute Gasteiger partial charge is 0.208 e. The number of hydrogen-bond donors (Lipinski definition) is 1. The van der Waals surface area contributed by atoms with Crippen LogP contribution in [0.2, 0.25) is 0 Å². The second-order valence-electron chi connectivity index (χ2n) is 3.19. The number of oxazole rings is 1. The van der Waals surface area contributed by atoms with Crippen molar-refractivity contribution >= 4 is 0 Å². The van der Waals surface area contributed by atoms with Crippen molar-refractivity contribution in [1.82, 2.24) is 14.8 Å². The Morgan fingerprint density at radius 3 is 2.80 bits per heavy atom. The third-order valence-electron chi connectivity index (χ3n) is 2.22. The monoisotopic (exact) mass is 210 g/mol. The van der Waals surface area contributed by atoms with Crippen molar-refractivity contribution in [2.45, 2.75) is 13.5 Å². The summed E-state index contributed by atoms with van der Waals surface area (Å²) in [7, 11) is 1.67. The second-order valence-corrected chi connectivity index (χ2v) is 3.19. The Balaban J connectivity index is 2.49. The molecule has 6 heteroatoms. The lowest BCUT2D eigenvalue weighted by Gasteiger charge is -1.88. The van der Waals surface area contributed by atoms with Gasteiger partial charge in [-0.15, -0.1) is 0 Å². The van der Waals surface area contributed by atoms with Crippen LogP contribution in [0.25, 0.3) is 11.5 Å². The quantitative estimate of drug-likeness (QED) is 0.802. The van der Waals surface area contributed by atoms with Crippen LogP contribution in [0.15, 0.2) is 10.6 Å². The molecule has 0 aliphatic carbocycles. The molecule has 0 unspecified atom stereocenters. The lowest BCUT2D eigenvalue weighted by Crippen LogP contribution is -1.94.